The number of benzene rings is 2. The molecule has 2 aromatic carbocycles. The van der Waals surface area contributed by atoms with Crippen molar-refractivity contribution in [3.63, 3.8) is 0 Å². The zero-order valence-corrected chi connectivity index (χ0v) is 16.2. The van der Waals surface area contributed by atoms with Crippen molar-refractivity contribution in [1.29, 1.82) is 0 Å². The van der Waals surface area contributed by atoms with Gasteiger partial charge in [-0.15, -0.1) is 0 Å². The first-order valence-corrected chi connectivity index (χ1v) is 9.26. The van der Waals surface area contributed by atoms with Gasteiger partial charge in [-0.1, -0.05) is 69.3 Å². The number of nitrogens with one attached hydrogen (secondary N) is 1. The summed E-state index contributed by atoms with van der Waals surface area (Å²) in [5.74, 6) is 0. The van der Waals surface area contributed by atoms with Crippen LogP contribution in [0.15, 0.2) is 73.1 Å². The predicted octanol–water partition coefficient (Wildman–Crippen LogP) is 6.11. The molecule has 1 N–H and O–H groups in total. The Bertz CT molecular complexity index is 813. The Kier molecular flexibility index (Phi) is 5.53. The highest BCUT2D eigenvalue weighted by atomic mass is 14.9. The van der Waals surface area contributed by atoms with E-state index in [1.165, 1.54) is 27.8 Å². The van der Waals surface area contributed by atoms with Crippen LogP contribution in [0.3, 0.4) is 0 Å². The van der Waals surface area contributed by atoms with Gasteiger partial charge in [-0.05, 0) is 52.3 Å². The summed E-state index contributed by atoms with van der Waals surface area (Å²) in [5, 5.41) is 3.62. The highest BCUT2D eigenvalue weighted by Gasteiger charge is 2.12. The zero-order chi connectivity index (χ0) is 18.6. The van der Waals surface area contributed by atoms with Gasteiger partial charge in [-0.25, -0.2) is 0 Å². The van der Waals surface area contributed by atoms with Gasteiger partial charge >= 0.3 is 0 Å². The molecule has 0 fully saturated rings. The fraction of sp³-hybridized carbons (Fsp3) is 0.292. The van der Waals surface area contributed by atoms with Crippen LogP contribution in [0.4, 0.5) is 0 Å². The molecule has 0 amide bonds. The van der Waals surface area contributed by atoms with Crippen LogP contribution in [0.25, 0.3) is 22.3 Å². The number of aromatic nitrogens is 1. The van der Waals surface area contributed by atoms with Crippen molar-refractivity contribution in [2.75, 3.05) is 6.54 Å². The van der Waals surface area contributed by atoms with Crippen LogP contribution >= 0.6 is 0 Å². The molecule has 1 unspecified atom stereocenters. The van der Waals surface area contributed by atoms with E-state index < -0.39 is 0 Å². The van der Waals surface area contributed by atoms with Crippen molar-refractivity contribution in [1.82, 2.24) is 10.3 Å². The van der Waals surface area contributed by atoms with Crippen LogP contribution in [0.5, 0.6) is 0 Å². The zero-order valence-electron chi connectivity index (χ0n) is 16.2. The Morgan fingerprint density at radius 3 is 1.62 bits per heavy atom. The van der Waals surface area contributed by atoms with E-state index in [0.29, 0.717) is 11.5 Å². The largest absolute Gasteiger partial charge is 0.310 e. The van der Waals surface area contributed by atoms with E-state index in [4.69, 9.17) is 0 Å². The minimum atomic E-state index is 0.296. The maximum atomic E-state index is 4.08. The van der Waals surface area contributed by atoms with Gasteiger partial charge in [-0.2, -0.15) is 0 Å². The van der Waals surface area contributed by atoms with E-state index >= 15 is 0 Å². The molecular formula is C24H28N2. The molecule has 0 aliphatic heterocycles. The van der Waals surface area contributed by atoms with Gasteiger partial charge in [-0.3, -0.25) is 4.98 Å². The molecular weight excluding hydrogens is 316 g/mol. The summed E-state index contributed by atoms with van der Waals surface area (Å²) in [6, 6.07) is 22.0. The van der Waals surface area contributed by atoms with E-state index in [9.17, 15) is 0 Å². The Labute approximate surface area is 157 Å². The van der Waals surface area contributed by atoms with E-state index in [2.05, 4.69) is 86.5 Å². The second kappa shape index (κ2) is 7.84. The van der Waals surface area contributed by atoms with Crippen molar-refractivity contribution in [3.8, 4) is 22.3 Å². The fourth-order valence-corrected chi connectivity index (χ4v) is 2.94. The number of rotatable bonds is 5. The summed E-state index contributed by atoms with van der Waals surface area (Å²) in [6.07, 6.45) is 3.66. The molecule has 2 nitrogen and oxygen atoms in total. The van der Waals surface area contributed by atoms with Gasteiger partial charge in [0.2, 0.25) is 0 Å². The lowest BCUT2D eigenvalue weighted by Gasteiger charge is -2.23. The van der Waals surface area contributed by atoms with Crippen LogP contribution in [0.1, 0.15) is 39.3 Å². The molecule has 26 heavy (non-hydrogen) atoms. The van der Waals surface area contributed by atoms with Crippen molar-refractivity contribution in [2.24, 2.45) is 5.41 Å². The number of nitrogens with zero attached hydrogens (tertiary/aromatic N) is 1. The molecule has 2 heteroatoms. The molecule has 0 aliphatic rings. The predicted molar refractivity (Wildman–Crippen MR) is 111 cm³/mol. The van der Waals surface area contributed by atoms with Crippen LogP contribution in [0, 0.1) is 5.41 Å². The molecule has 3 aromatic rings. The standard InChI is InChI=1S/C24H28N2/c1-18(26-17-24(2,3)4)19-5-7-20(8-6-19)21-9-11-22(12-10-21)23-13-15-25-16-14-23/h5-16,18,26H,17H2,1-4H3. The smallest absolute Gasteiger partial charge is 0.0292 e. The summed E-state index contributed by atoms with van der Waals surface area (Å²) in [4.78, 5) is 4.08. The summed E-state index contributed by atoms with van der Waals surface area (Å²) in [6.45, 7) is 10.00. The average molecular weight is 345 g/mol. The monoisotopic (exact) mass is 344 g/mol. The lowest BCUT2D eigenvalue weighted by molar-refractivity contribution is 0.359. The molecule has 0 saturated carbocycles. The third-order valence-electron chi connectivity index (χ3n) is 4.58. The lowest BCUT2D eigenvalue weighted by Crippen LogP contribution is -2.29. The molecule has 0 aliphatic carbocycles. The Balaban J connectivity index is 1.70. The first-order chi connectivity index (χ1) is 12.4. The Hall–Kier alpha value is -2.45. The van der Waals surface area contributed by atoms with Crippen LogP contribution in [0.2, 0.25) is 0 Å². The average Bonchev–Trinajstić information content (AvgIpc) is 2.66. The van der Waals surface area contributed by atoms with Gasteiger partial charge < -0.3 is 5.32 Å². The maximum Gasteiger partial charge on any atom is 0.0292 e. The van der Waals surface area contributed by atoms with Gasteiger partial charge in [0.15, 0.2) is 0 Å². The minimum Gasteiger partial charge on any atom is -0.310 e. The molecule has 1 atom stereocenters. The van der Waals surface area contributed by atoms with Gasteiger partial charge in [0.05, 0.1) is 0 Å². The molecule has 1 heterocycles. The Morgan fingerprint density at radius 1 is 0.731 bits per heavy atom. The third kappa shape index (κ3) is 4.80. The molecule has 0 radical (unpaired) electrons. The van der Waals surface area contributed by atoms with Gasteiger partial charge in [0, 0.05) is 25.0 Å². The number of hydrogen-bond acceptors (Lipinski definition) is 2. The van der Waals surface area contributed by atoms with E-state index in [1.54, 1.807) is 0 Å². The highest BCUT2D eigenvalue weighted by molar-refractivity contribution is 5.70. The van der Waals surface area contributed by atoms with E-state index in [-0.39, 0.29) is 0 Å². The van der Waals surface area contributed by atoms with Crippen molar-refractivity contribution >= 4 is 0 Å². The first kappa shape index (κ1) is 18.3. The van der Waals surface area contributed by atoms with E-state index in [1.807, 2.05) is 24.5 Å². The van der Waals surface area contributed by atoms with E-state index in [0.717, 1.165) is 6.54 Å². The topological polar surface area (TPSA) is 24.9 Å². The maximum absolute atomic E-state index is 4.08. The van der Waals surface area contributed by atoms with Gasteiger partial charge in [0.25, 0.3) is 0 Å². The molecule has 134 valence electrons. The molecule has 0 saturated heterocycles. The van der Waals surface area contributed by atoms with Crippen LogP contribution in [-0.2, 0) is 0 Å². The summed E-state index contributed by atoms with van der Waals surface area (Å²) < 4.78 is 0. The van der Waals surface area contributed by atoms with Gasteiger partial charge in [0.1, 0.15) is 0 Å². The quantitative estimate of drug-likeness (QED) is 0.604. The van der Waals surface area contributed by atoms with Crippen molar-refractivity contribution in [2.45, 2.75) is 33.7 Å². The summed E-state index contributed by atoms with van der Waals surface area (Å²) in [5.41, 5.74) is 6.52. The van der Waals surface area contributed by atoms with Crippen molar-refractivity contribution < 1.29 is 0 Å². The third-order valence-corrected chi connectivity index (χ3v) is 4.58. The molecule has 1 aromatic heterocycles. The summed E-state index contributed by atoms with van der Waals surface area (Å²) >= 11 is 0. The number of hydrogen-bond donors (Lipinski definition) is 1. The SMILES string of the molecule is CC(NCC(C)(C)C)c1ccc(-c2ccc(-c3ccncc3)cc2)cc1. The highest BCUT2D eigenvalue weighted by Crippen LogP contribution is 2.26. The normalized spacial score (nSPS) is 12.8. The van der Waals surface area contributed by atoms with Crippen molar-refractivity contribution in [3.05, 3.63) is 78.6 Å². The molecule has 3 rings (SSSR count). The van der Waals surface area contributed by atoms with Crippen LogP contribution < -0.4 is 5.32 Å². The number of pyridine rings is 1. The summed E-state index contributed by atoms with van der Waals surface area (Å²) in [7, 11) is 0. The minimum absolute atomic E-state index is 0.296. The fourth-order valence-electron chi connectivity index (χ4n) is 2.94. The molecule has 0 bridgehead atoms. The first-order valence-electron chi connectivity index (χ1n) is 9.26. The van der Waals surface area contributed by atoms with Crippen LogP contribution in [-0.4, -0.2) is 11.5 Å². The Morgan fingerprint density at radius 2 is 1.15 bits per heavy atom. The second-order valence-corrected chi connectivity index (χ2v) is 8.10. The second-order valence-electron chi connectivity index (χ2n) is 8.10. The lowest BCUT2D eigenvalue weighted by atomic mass is 9.95. The molecule has 0 spiro atoms.